The molecule has 1 aliphatic carbocycles. The van der Waals surface area contributed by atoms with Crippen molar-refractivity contribution in [1.82, 2.24) is 4.90 Å². The van der Waals surface area contributed by atoms with Crippen molar-refractivity contribution < 1.29 is 23.0 Å². The summed E-state index contributed by atoms with van der Waals surface area (Å²) in [6.07, 6.45) is 0.613. The van der Waals surface area contributed by atoms with Gasteiger partial charge in [0.05, 0.1) is 12.2 Å². The molecule has 1 heterocycles. The number of hydrogen-bond acceptors (Lipinski definition) is 3. The molecule has 112 valence electrons. The number of fused-ring (bicyclic) bond motifs is 1. The molecule has 2 aliphatic rings. The first-order valence-corrected chi connectivity index (χ1v) is 6.98. The molecule has 0 aromatic heterocycles. The maximum absolute atomic E-state index is 11.9. The standard InChI is InChI=1S/C13H22F3NO2/c14-13(15,16)10-19-8-7-17-6-5-12(18)4-2-1-3-11(12)9-17/h11,18H,1-10H2. The van der Waals surface area contributed by atoms with Crippen LogP contribution in [0.25, 0.3) is 0 Å². The van der Waals surface area contributed by atoms with E-state index in [-0.39, 0.29) is 12.5 Å². The predicted molar refractivity (Wildman–Crippen MR) is 64.8 cm³/mol. The topological polar surface area (TPSA) is 32.7 Å². The minimum absolute atomic E-state index is 0.102. The first-order chi connectivity index (χ1) is 8.89. The van der Waals surface area contributed by atoms with E-state index in [4.69, 9.17) is 0 Å². The monoisotopic (exact) mass is 281 g/mol. The highest BCUT2D eigenvalue weighted by atomic mass is 19.4. The van der Waals surface area contributed by atoms with E-state index >= 15 is 0 Å². The maximum atomic E-state index is 11.9. The number of rotatable bonds is 4. The van der Waals surface area contributed by atoms with Gasteiger partial charge in [0.1, 0.15) is 6.61 Å². The Balaban J connectivity index is 1.69. The van der Waals surface area contributed by atoms with Crippen LogP contribution in [0.4, 0.5) is 13.2 Å². The van der Waals surface area contributed by atoms with Gasteiger partial charge in [0, 0.05) is 25.6 Å². The van der Waals surface area contributed by atoms with E-state index in [0.29, 0.717) is 6.54 Å². The van der Waals surface area contributed by atoms with Crippen LogP contribution in [-0.2, 0) is 4.74 Å². The van der Waals surface area contributed by atoms with Crippen LogP contribution in [0.5, 0.6) is 0 Å². The highest BCUT2D eigenvalue weighted by Crippen LogP contribution is 2.39. The smallest absolute Gasteiger partial charge is 0.390 e. The van der Waals surface area contributed by atoms with Crippen molar-refractivity contribution in [3.63, 3.8) is 0 Å². The molecule has 2 rings (SSSR count). The number of ether oxygens (including phenoxy) is 1. The molecule has 3 nitrogen and oxygen atoms in total. The molecule has 1 saturated carbocycles. The quantitative estimate of drug-likeness (QED) is 0.802. The summed E-state index contributed by atoms with van der Waals surface area (Å²) in [5.41, 5.74) is -0.526. The molecule has 0 aromatic rings. The van der Waals surface area contributed by atoms with Crippen LogP contribution < -0.4 is 0 Å². The van der Waals surface area contributed by atoms with Crippen molar-refractivity contribution in [3.8, 4) is 0 Å². The normalized spacial score (nSPS) is 33.2. The first-order valence-electron chi connectivity index (χ1n) is 6.98. The molecule has 6 heteroatoms. The SMILES string of the molecule is OC12CCCCC1CN(CCOCC(F)(F)F)CC2. The zero-order chi connectivity index (χ0) is 13.9. The lowest BCUT2D eigenvalue weighted by molar-refractivity contribution is -0.175. The number of aliphatic hydroxyl groups is 1. The van der Waals surface area contributed by atoms with Crippen LogP contribution in [0.2, 0.25) is 0 Å². The molecule has 1 N–H and O–H groups in total. The Labute approximate surface area is 111 Å². The van der Waals surface area contributed by atoms with Crippen molar-refractivity contribution >= 4 is 0 Å². The second-order valence-corrected chi connectivity index (χ2v) is 5.76. The molecule has 2 fully saturated rings. The molecule has 0 radical (unpaired) electrons. The summed E-state index contributed by atoms with van der Waals surface area (Å²) in [5.74, 6) is 0.276. The number of likely N-dealkylation sites (tertiary alicyclic amines) is 1. The van der Waals surface area contributed by atoms with Gasteiger partial charge in [-0.2, -0.15) is 13.2 Å². The van der Waals surface area contributed by atoms with E-state index in [2.05, 4.69) is 9.64 Å². The molecule has 1 saturated heterocycles. The second kappa shape index (κ2) is 5.97. The minimum atomic E-state index is -4.24. The van der Waals surface area contributed by atoms with Gasteiger partial charge in [-0.05, 0) is 19.3 Å². The van der Waals surface area contributed by atoms with Gasteiger partial charge >= 0.3 is 6.18 Å². The molecule has 0 bridgehead atoms. The summed E-state index contributed by atoms with van der Waals surface area (Å²) >= 11 is 0. The van der Waals surface area contributed by atoms with Gasteiger partial charge < -0.3 is 14.7 Å². The summed E-state index contributed by atoms with van der Waals surface area (Å²) in [5, 5.41) is 10.5. The molecular formula is C13H22F3NO2. The lowest BCUT2D eigenvalue weighted by Gasteiger charge is -2.47. The van der Waals surface area contributed by atoms with E-state index in [1.807, 2.05) is 0 Å². The van der Waals surface area contributed by atoms with Gasteiger partial charge in [0.15, 0.2) is 0 Å². The van der Waals surface area contributed by atoms with Crippen molar-refractivity contribution in [2.45, 2.75) is 43.9 Å². The highest BCUT2D eigenvalue weighted by Gasteiger charge is 2.42. The molecule has 1 aliphatic heterocycles. The van der Waals surface area contributed by atoms with Crippen molar-refractivity contribution in [2.24, 2.45) is 5.92 Å². The van der Waals surface area contributed by atoms with Crippen molar-refractivity contribution in [2.75, 3.05) is 32.8 Å². The molecule has 19 heavy (non-hydrogen) atoms. The van der Waals surface area contributed by atoms with Crippen LogP contribution in [0.3, 0.4) is 0 Å². The first kappa shape index (κ1) is 15.1. The third-order valence-corrected chi connectivity index (χ3v) is 4.33. The lowest BCUT2D eigenvalue weighted by atomic mass is 9.71. The Morgan fingerprint density at radius 1 is 1.26 bits per heavy atom. The Bertz CT molecular complexity index is 298. The molecule has 0 aromatic carbocycles. The van der Waals surface area contributed by atoms with E-state index in [1.165, 1.54) is 0 Å². The summed E-state index contributed by atoms with van der Waals surface area (Å²) < 4.78 is 40.4. The van der Waals surface area contributed by atoms with Gasteiger partial charge in [0.2, 0.25) is 0 Å². The van der Waals surface area contributed by atoms with Crippen LogP contribution in [-0.4, -0.2) is 54.6 Å². The lowest BCUT2D eigenvalue weighted by Crippen LogP contribution is -2.53. The predicted octanol–water partition coefficient (Wildman–Crippen LogP) is 2.19. The minimum Gasteiger partial charge on any atom is -0.390 e. The maximum Gasteiger partial charge on any atom is 0.411 e. The van der Waals surface area contributed by atoms with Gasteiger partial charge in [-0.15, -0.1) is 0 Å². The largest absolute Gasteiger partial charge is 0.411 e. The zero-order valence-electron chi connectivity index (χ0n) is 11.1. The molecule has 2 unspecified atom stereocenters. The fourth-order valence-electron chi connectivity index (χ4n) is 3.22. The van der Waals surface area contributed by atoms with Crippen molar-refractivity contribution in [1.29, 1.82) is 0 Å². The second-order valence-electron chi connectivity index (χ2n) is 5.76. The molecule has 0 amide bonds. The Hall–Kier alpha value is -0.330. The fourth-order valence-corrected chi connectivity index (χ4v) is 3.22. The number of piperidine rings is 1. The van der Waals surface area contributed by atoms with E-state index in [1.54, 1.807) is 0 Å². The summed E-state index contributed by atoms with van der Waals surface area (Å²) in [6.45, 7) is 0.982. The van der Waals surface area contributed by atoms with E-state index in [0.717, 1.165) is 45.2 Å². The Morgan fingerprint density at radius 3 is 2.79 bits per heavy atom. The van der Waals surface area contributed by atoms with E-state index < -0.39 is 18.4 Å². The summed E-state index contributed by atoms with van der Waals surface area (Å²) in [6, 6.07) is 0. The van der Waals surface area contributed by atoms with E-state index in [9.17, 15) is 18.3 Å². The third-order valence-electron chi connectivity index (χ3n) is 4.33. The molecular weight excluding hydrogens is 259 g/mol. The summed E-state index contributed by atoms with van der Waals surface area (Å²) in [4.78, 5) is 2.11. The highest BCUT2D eigenvalue weighted by molar-refractivity contribution is 4.95. The number of nitrogens with zero attached hydrogens (tertiary/aromatic N) is 1. The zero-order valence-corrected chi connectivity index (χ0v) is 11.1. The Kier molecular flexibility index (Phi) is 4.74. The number of hydrogen-bond donors (Lipinski definition) is 1. The van der Waals surface area contributed by atoms with Crippen molar-refractivity contribution in [3.05, 3.63) is 0 Å². The van der Waals surface area contributed by atoms with Crippen LogP contribution >= 0.6 is 0 Å². The fraction of sp³-hybridized carbons (Fsp3) is 1.00. The Morgan fingerprint density at radius 2 is 2.05 bits per heavy atom. The average Bonchev–Trinajstić information content (AvgIpc) is 2.33. The number of halogens is 3. The third kappa shape index (κ3) is 4.33. The van der Waals surface area contributed by atoms with Gasteiger partial charge in [0.25, 0.3) is 0 Å². The van der Waals surface area contributed by atoms with Gasteiger partial charge in [-0.1, -0.05) is 12.8 Å². The molecule has 2 atom stereocenters. The summed E-state index contributed by atoms with van der Waals surface area (Å²) in [7, 11) is 0. The van der Waals surface area contributed by atoms with Gasteiger partial charge in [-0.25, -0.2) is 0 Å². The van der Waals surface area contributed by atoms with Crippen LogP contribution in [0, 0.1) is 5.92 Å². The molecule has 0 spiro atoms. The number of alkyl halides is 3. The van der Waals surface area contributed by atoms with Gasteiger partial charge in [-0.3, -0.25) is 0 Å². The van der Waals surface area contributed by atoms with Crippen LogP contribution in [0.15, 0.2) is 0 Å². The van der Waals surface area contributed by atoms with Crippen LogP contribution in [0.1, 0.15) is 32.1 Å². The average molecular weight is 281 g/mol.